The van der Waals surface area contributed by atoms with Gasteiger partial charge in [0.1, 0.15) is 0 Å². The largest absolute Gasteiger partial charge is 0.397 e. The zero-order chi connectivity index (χ0) is 12.0. The number of rotatable bonds is 6. The molecule has 2 atom stereocenters. The lowest BCUT2D eigenvalue weighted by Gasteiger charge is -2.17. The molecule has 0 aliphatic rings. The predicted molar refractivity (Wildman–Crippen MR) is 67.2 cm³/mol. The Morgan fingerprint density at radius 3 is 2.27 bits per heavy atom. The molecule has 3 nitrogen and oxygen atoms in total. The quantitative estimate of drug-likeness (QED) is 0.398. The van der Waals surface area contributed by atoms with Gasteiger partial charge in [-0.1, -0.05) is 26.5 Å². The molecule has 0 aromatic rings. The monoisotopic (exact) mass is 207 g/mol. The molecule has 0 spiro atoms. The summed E-state index contributed by atoms with van der Waals surface area (Å²) in [4.78, 5) is 3.90. The Morgan fingerprint density at radius 2 is 1.93 bits per heavy atom. The molecule has 0 radical (unpaired) electrons. The van der Waals surface area contributed by atoms with Crippen LogP contribution in [0.5, 0.6) is 0 Å². The fraction of sp³-hybridized carbons (Fsp3) is 0.417. The second-order valence-electron chi connectivity index (χ2n) is 3.82. The number of nitrogens with zero attached hydrogens (tertiary/aromatic N) is 1. The van der Waals surface area contributed by atoms with Crippen LogP contribution in [-0.2, 0) is 0 Å². The number of nitrogens with two attached hydrogens (primary N) is 2. The second-order valence-corrected chi connectivity index (χ2v) is 3.82. The van der Waals surface area contributed by atoms with Crippen LogP contribution in [0.25, 0.3) is 0 Å². The van der Waals surface area contributed by atoms with Crippen molar-refractivity contribution in [2.45, 2.75) is 20.3 Å². The molecule has 0 aromatic carbocycles. The van der Waals surface area contributed by atoms with E-state index in [1.165, 1.54) is 0 Å². The molecular formula is C12H21N3. The lowest BCUT2D eigenvalue weighted by molar-refractivity contribution is 0.454. The molecule has 3 heteroatoms. The van der Waals surface area contributed by atoms with Gasteiger partial charge in [0.15, 0.2) is 0 Å². The molecule has 0 bridgehead atoms. The van der Waals surface area contributed by atoms with E-state index >= 15 is 0 Å². The van der Waals surface area contributed by atoms with Crippen molar-refractivity contribution in [3.63, 3.8) is 0 Å². The smallest absolute Gasteiger partial charge is 0.0759 e. The Bertz CT molecular complexity index is 289. The lowest BCUT2D eigenvalue weighted by Crippen LogP contribution is -2.13. The van der Waals surface area contributed by atoms with Gasteiger partial charge in [0.25, 0.3) is 0 Å². The van der Waals surface area contributed by atoms with Gasteiger partial charge < -0.3 is 11.5 Å². The van der Waals surface area contributed by atoms with E-state index < -0.39 is 0 Å². The number of allylic oxidation sites excluding steroid dienone is 2. The summed E-state index contributed by atoms with van der Waals surface area (Å²) >= 11 is 0. The highest BCUT2D eigenvalue weighted by Crippen LogP contribution is 2.22. The van der Waals surface area contributed by atoms with Crippen LogP contribution >= 0.6 is 0 Å². The molecule has 0 aliphatic heterocycles. The standard InChI is InChI=1S/C12H21N3/c1-6-8(2)9(3)7-11(15-5)12(14)10(4)13/h6,8-9H,1,4-5,7,13-14H2,2-3H3/b12-11+. The first-order chi connectivity index (χ1) is 6.93. The number of hydrogen-bond acceptors (Lipinski definition) is 3. The van der Waals surface area contributed by atoms with Gasteiger partial charge in [-0.05, 0) is 25.0 Å². The Kier molecular flexibility index (Phi) is 5.45. The van der Waals surface area contributed by atoms with Gasteiger partial charge in [0.2, 0.25) is 0 Å². The lowest BCUT2D eigenvalue weighted by atomic mass is 9.91. The predicted octanol–water partition coefficient (Wildman–Crippen LogP) is 2.18. The third kappa shape index (κ3) is 4.02. The summed E-state index contributed by atoms with van der Waals surface area (Å²) in [7, 11) is 0. The topological polar surface area (TPSA) is 64.4 Å². The van der Waals surface area contributed by atoms with Crippen LogP contribution in [0.2, 0.25) is 0 Å². The van der Waals surface area contributed by atoms with Crippen molar-refractivity contribution in [2.24, 2.45) is 28.3 Å². The van der Waals surface area contributed by atoms with Crippen LogP contribution in [0.1, 0.15) is 20.3 Å². The zero-order valence-electron chi connectivity index (χ0n) is 9.66. The normalized spacial score (nSPS) is 16.1. The van der Waals surface area contributed by atoms with E-state index in [-0.39, 0.29) is 0 Å². The summed E-state index contributed by atoms with van der Waals surface area (Å²) in [5, 5.41) is 0. The van der Waals surface area contributed by atoms with Gasteiger partial charge in [-0.25, -0.2) is 0 Å². The van der Waals surface area contributed by atoms with E-state index in [0.717, 1.165) is 6.42 Å². The molecule has 0 amide bonds. The van der Waals surface area contributed by atoms with Crippen molar-refractivity contribution in [3.05, 3.63) is 36.3 Å². The first kappa shape index (κ1) is 13.5. The molecule has 0 fully saturated rings. The van der Waals surface area contributed by atoms with Gasteiger partial charge in [-0.2, -0.15) is 0 Å². The molecule has 0 aliphatic carbocycles. The SMILES string of the molecule is C=CC(C)C(C)C/C(N=C)=C(\N)C(=C)N. The van der Waals surface area contributed by atoms with E-state index in [0.29, 0.717) is 28.9 Å². The van der Waals surface area contributed by atoms with Crippen LogP contribution in [0.15, 0.2) is 41.3 Å². The van der Waals surface area contributed by atoms with Crippen molar-refractivity contribution in [3.8, 4) is 0 Å². The van der Waals surface area contributed by atoms with Crippen LogP contribution in [0, 0.1) is 11.8 Å². The molecule has 0 saturated heterocycles. The fourth-order valence-corrected chi connectivity index (χ4v) is 1.17. The molecule has 0 saturated carbocycles. The first-order valence-electron chi connectivity index (χ1n) is 4.96. The van der Waals surface area contributed by atoms with Crippen LogP contribution in [0.4, 0.5) is 0 Å². The number of aliphatic imine (C=N–C) groups is 1. The van der Waals surface area contributed by atoms with Gasteiger partial charge in [-0.3, -0.25) is 4.99 Å². The highest BCUT2D eigenvalue weighted by atomic mass is 14.8. The molecule has 4 N–H and O–H groups in total. The minimum Gasteiger partial charge on any atom is -0.397 e. The molecule has 0 heterocycles. The molecule has 0 aromatic heterocycles. The molecule has 0 rings (SSSR count). The third-order valence-corrected chi connectivity index (χ3v) is 2.63. The van der Waals surface area contributed by atoms with E-state index in [4.69, 9.17) is 11.5 Å². The summed E-state index contributed by atoms with van der Waals surface area (Å²) in [6.07, 6.45) is 2.65. The summed E-state index contributed by atoms with van der Waals surface area (Å²) in [6.45, 7) is 15.1. The van der Waals surface area contributed by atoms with E-state index in [1.54, 1.807) is 0 Å². The maximum absolute atomic E-state index is 5.76. The average molecular weight is 207 g/mol. The van der Waals surface area contributed by atoms with Crippen molar-refractivity contribution in [1.82, 2.24) is 0 Å². The fourth-order valence-electron chi connectivity index (χ4n) is 1.17. The summed E-state index contributed by atoms with van der Waals surface area (Å²) in [5.74, 6) is 0.807. The van der Waals surface area contributed by atoms with Crippen LogP contribution < -0.4 is 11.5 Å². The summed E-state index contributed by atoms with van der Waals surface area (Å²) in [5.41, 5.74) is 12.8. The minimum atomic E-state index is 0.343. The molecule has 2 unspecified atom stereocenters. The minimum absolute atomic E-state index is 0.343. The summed E-state index contributed by atoms with van der Waals surface area (Å²) < 4.78 is 0. The van der Waals surface area contributed by atoms with Crippen molar-refractivity contribution in [2.75, 3.05) is 0 Å². The van der Waals surface area contributed by atoms with Gasteiger partial charge in [0, 0.05) is 5.70 Å². The molecule has 15 heavy (non-hydrogen) atoms. The van der Waals surface area contributed by atoms with Gasteiger partial charge >= 0.3 is 0 Å². The van der Waals surface area contributed by atoms with Crippen molar-refractivity contribution < 1.29 is 0 Å². The van der Waals surface area contributed by atoms with E-state index in [1.807, 2.05) is 6.08 Å². The van der Waals surface area contributed by atoms with Crippen LogP contribution in [0.3, 0.4) is 0 Å². The van der Waals surface area contributed by atoms with Gasteiger partial charge in [-0.15, -0.1) is 6.58 Å². The Hall–Kier alpha value is -1.51. The van der Waals surface area contributed by atoms with E-state index in [9.17, 15) is 0 Å². The average Bonchev–Trinajstić information content (AvgIpc) is 2.22. The van der Waals surface area contributed by atoms with Gasteiger partial charge in [0.05, 0.1) is 11.4 Å². The van der Waals surface area contributed by atoms with Crippen LogP contribution in [-0.4, -0.2) is 6.72 Å². The Balaban J connectivity index is 4.74. The second kappa shape index (κ2) is 6.06. The Morgan fingerprint density at radius 1 is 1.40 bits per heavy atom. The number of hydrogen-bond donors (Lipinski definition) is 2. The summed E-state index contributed by atoms with van der Waals surface area (Å²) in [6, 6.07) is 0. The maximum atomic E-state index is 5.76. The third-order valence-electron chi connectivity index (χ3n) is 2.63. The maximum Gasteiger partial charge on any atom is 0.0759 e. The molecular weight excluding hydrogens is 186 g/mol. The first-order valence-corrected chi connectivity index (χ1v) is 4.96. The zero-order valence-corrected chi connectivity index (χ0v) is 9.66. The molecule has 84 valence electrons. The van der Waals surface area contributed by atoms with Crippen molar-refractivity contribution in [1.29, 1.82) is 0 Å². The Labute approximate surface area is 92.3 Å². The highest BCUT2D eigenvalue weighted by molar-refractivity contribution is 5.35. The highest BCUT2D eigenvalue weighted by Gasteiger charge is 2.13. The van der Waals surface area contributed by atoms with E-state index in [2.05, 4.69) is 38.7 Å². The van der Waals surface area contributed by atoms with Crippen molar-refractivity contribution >= 4 is 6.72 Å².